The number of nitrogens with one attached hydrogen (secondary N) is 1. The Labute approximate surface area is 125 Å². The number of ether oxygens (including phenoxy) is 1. The fourth-order valence-electron chi connectivity index (χ4n) is 2.87. The molecule has 0 radical (unpaired) electrons. The maximum Gasteiger partial charge on any atom is 0.241 e. The van der Waals surface area contributed by atoms with Crippen molar-refractivity contribution in [2.24, 2.45) is 0 Å². The summed E-state index contributed by atoms with van der Waals surface area (Å²) in [5.74, 6) is -0.226. The lowest BCUT2D eigenvalue weighted by atomic mass is 10.1. The van der Waals surface area contributed by atoms with Crippen LogP contribution in [0.3, 0.4) is 0 Å². The van der Waals surface area contributed by atoms with Crippen molar-refractivity contribution in [3.05, 3.63) is 35.6 Å². The van der Waals surface area contributed by atoms with Crippen molar-refractivity contribution >= 4 is 5.91 Å². The van der Waals surface area contributed by atoms with Crippen LogP contribution in [0.1, 0.15) is 38.4 Å². The van der Waals surface area contributed by atoms with Crippen molar-refractivity contribution in [2.75, 3.05) is 13.7 Å². The van der Waals surface area contributed by atoms with Crippen LogP contribution in [0, 0.1) is 5.82 Å². The number of rotatable bonds is 6. The fourth-order valence-corrected chi connectivity index (χ4v) is 2.87. The van der Waals surface area contributed by atoms with Gasteiger partial charge in [-0.15, -0.1) is 0 Å². The van der Waals surface area contributed by atoms with E-state index >= 15 is 0 Å². The quantitative estimate of drug-likeness (QED) is 0.876. The highest BCUT2D eigenvalue weighted by atomic mass is 19.1. The minimum absolute atomic E-state index is 0.0647. The zero-order chi connectivity index (χ0) is 15.4. The van der Waals surface area contributed by atoms with E-state index in [4.69, 9.17) is 4.74 Å². The van der Waals surface area contributed by atoms with Crippen LogP contribution in [0.5, 0.6) is 0 Å². The maximum atomic E-state index is 13.5. The lowest BCUT2D eigenvalue weighted by molar-refractivity contribution is -0.133. The van der Waals surface area contributed by atoms with Gasteiger partial charge in [0.2, 0.25) is 5.91 Å². The van der Waals surface area contributed by atoms with Crippen LogP contribution >= 0.6 is 0 Å². The second-order valence-corrected chi connectivity index (χ2v) is 5.52. The molecule has 5 heteroatoms. The Morgan fingerprint density at radius 2 is 2.24 bits per heavy atom. The molecular formula is C16H23FN2O2. The molecule has 1 aliphatic heterocycles. The van der Waals surface area contributed by atoms with Crippen LogP contribution in [-0.4, -0.2) is 36.6 Å². The second-order valence-electron chi connectivity index (χ2n) is 5.52. The number of halogens is 1. The van der Waals surface area contributed by atoms with Gasteiger partial charge >= 0.3 is 0 Å². The van der Waals surface area contributed by atoms with Crippen molar-refractivity contribution in [1.82, 2.24) is 10.2 Å². The summed E-state index contributed by atoms with van der Waals surface area (Å²) in [4.78, 5) is 14.4. The molecular weight excluding hydrogens is 271 g/mol. The summed E-state index contributed by atoms with van der Waals surface area (Å²) in [6.45, 7) is 4.45. The Kier molecular flexibility index (Phi) is 5.31. The molecule has 1 heterocycles. The van der Waals surface area contributed by atoms with E-state index in [0.29, 0.717) is 6.61 Å². The number of hydrogen-bond donors (Lipinski definition) is 1. The van der Waals surface area contributed by atoms with Crippen molar-refractivity contribution < 1.29 is 13.9 Å². The summed E-state index contributed by atoms with van der Waals surface area (Å²) in [5.41, 5.74) is 0.768. The third-order valence-electron chi connectivity index (χ3n) is 3.81. The second kappa shape index (κ2) is 7.00. The Morgan fingerprint density at radius 3 is 2.86 bits per heavy atom. The summed E-state index contributed by atoms with van der Waals surface area (Å²) >= 11 is 0. The van der Waals surface area contributed by atoms with Crippen LogP contribution in [0.2, 0.25) is 0 Å². The predicted molar refractivity (Wildman–Crippen MR) is 79.2 cm³/mol. The Morgan fingerprint density at radius 1 is 1.48 bits per heavy atom. The largest absolute Gasteiger partial charge is 0.383 e. The highest BCUT2D eigenvalue weighted by Crippen LogP contribution is 2.29. The number of carbonyl (C=O) groups excluding carboxylic acids is 1. The maximum absolute atomic E-state index is 13.5. The minimum Gasteiger partial charge on any atom is -0.383 e. The molecule has 4 nitrogen and oxygen atoms in total. The van der Waals surface area contributed by atoms with Gasteiger partial charge in [-0.1, -0.05) is 25.5 Å². The van der Waals surface area contributed by atoms with Gasteiger partial charge in [0.1, 0.15) is 12.0 Å². The first-order chi connectivity index (χ1) is 10.1. The highest BCUT2D eigenvalue weighted by molar-refractivity contribution is 5.84. The molecule has 1 aromatic carbocycles. The Hall–Kier alpha value is -1.46. The van der Waals surface area contributed by atoms with Crippen LogP contribution in [0.25, 0.3) is 0 Å². The Balaban J connectivity index is 2.29. The van der Waals surface area contributed by atoms with E-state index in [-0.39, 0.29) is 30.0 Å². The molecule has 3 unspecified atom stereocenters. The first-order valence-corrected chi connectivity index (χ1v) is 7.41. The summed E-state index contributed by atoms with van der Waals surface area (Å²) in [6.07, 6.45) is 1.40. The van der Waals surface area contributed by atoms with E-state index in [0.717, 1.165) is 18.4 Å². The van der Waals surface area contributed by atoms with E-state index < -0.39 is 0 Å². The van der Waals surface area contributed by atoms with Crippen molar-refractivity contribution in [1.29, 1.82) is 0 Å². The number of carbonyl (C=O) groups is 1. The third-order valence-corrected chi connectivity index (χ3v) is 3.81. The molecule has 1 fully saturated rings. The molecule has 0 saturated carbocycles. The van der Waals surface area contributed by atoms with Gasteiger partial charge in [-0.2, -0.15) is 0 Å². The average molecular weight is 294 g/mol. The molecule has 0 aromatic heterocycles. The minimum atomic E-state index is -0.296. The van der Waals surface area contributed by atoms with Gasteiger partial charge in [-0.3, -0.25) is 10.1 Å². The summed E-state index contributed by atoms with van der Waals surface area (Å²) in [5, 5.41) is 3.33. The Bertz CT molecular complexity index is 495. The van der Waals surface area contributed by atoms with Gasteiger partial charge < -0.3 is 9.64 Å². The topological polar surface area (TPSA) is 41.6 Å². The van der Waals surface area contributed by atoms with E-state index in [9.17, 15) is 9.18 Å². The summed E-state index contributed by atoms with van der Waals surface area (Å²) in [7, 11) is 1.62. The van der Waals surface area contributed by atoms with E-state index in [1.807, 2.05) is 19.9 Å². The first kappa shape index (κ1) is 15.9. The average Bonchev–Trinajstić information content (AvgIpc) is 2.77. The van der Waals surface area contributed by atoms with Crippen molar-refractivity contribution in [3.8, 4) is 0 Å². The van der Waals surface area contributed by atoms with E-state index in [1.54, 1.807) is 18.1 Å². The van der Waals surface area contributed by atoms with Crippen LogP contribution in [0.4, 0.5) is 4.39 Å². The smallest absolute Gasteiger partial charge is 0.241 e. The van der Waals surface area contributed by atoms with Gasteiger partial charge in [0.05, 0.1) is 18.7 Å². The zero-order valence-electron chi connectivity index (χ0n) is 12.8. The molecule has 1 aliphatic rings. The molecule has 1 aromatic rings. The molecule has 0 aliphatic carbocycles. The number of methoxy groups -OCH3 is 1. The van der Waals surface area contributed by atoms with Crippen LogP contribution < -0.4 is 5.32 Å². The molecule has 116 valence electrons. The summed E-state index contributed by atoms with van der Waals surface area (Å²) in [6, 6.07) is 6.13. The standard InChI is InChI=1S/C16H23FN2O2/c1-4-6-14-16(20)19(11(2)10-21-3)15(18-14)12-7-5-8-13(17)9-12/h5,7-9,11,14-15,18H,4,6,10H2,1-3H3. The van der Waals surface area contributed by atoms with Gasteiger partial charge in [0, 0.05) is 7.11 Å². The number of hydrogen-bond acceptors (Lipinski definition) is 3. The summed E-state index contributed by atoms with van der Waals surface area (Å²) < 4.78 is 18.7. The third kappa shape index (κ3) is 3.41. The number of benzene rings is 1. The normalized spacial score (nSPS) is 23.6. The van der Waals surface area contributed by atoms with Crippen molar-refractivity contribution in [3.63, 3.8) is 0 Å². The molecule has 0 bridgehead atoms. The van der Waals surface area contributed by atoms with Gasteiger partial charge in [-0.05, 0) is 31.0 Å². The molecule has 0 spiro atoms. The van der Waals surface area contributed by atoms with Gasteiger partial charge in [0.15, 0.2) is 0 Å². The highest BCUT2D eigenvalue weighted by Gasteiger charge is 2.41. The fraction of sp³-hybridized carbons (Fsp3) is 0.562. The SMILES string of the molecule is CCCC1NC(c2cccc(F)c2)N(C(C)COC)C1=O. The number of amides is 1. The monoisotopic (exact) mass is 294 g/mol. The molecule has 1 N–H and O–H groups in total. The molecule has 1 amide bonds. The zero-order valence-corrected chi connectivity index (χ0v) is 12.8. The molecule has 21 heavy (non-hydrogen) atoms. The van der Waals surface area contributed by atoms with E-state index in [1.165, 1.54) is 12.1 Å². The van der Waals surface area contributed by atoms with Gasteiger partial charge in [0.25, 0.3) is 0 Å². The lowest BCUT2D eigenvalue weighted by Gasteiger charge is -2.30. The molecule has 3 atom stereocenters. The number of nitrogens with zero attached hydrogens (tertiary/aromatic N) is 1. The van der Waals surface area contributed by atoms with Crippen molar-refractivity contribution in [2.45, 2.75) is 44.9 Å². The van der Waals surface area contributed by atoms with Crippen LogP contribution in [-0.2, 0) is 9.53 Å². The first-order valence-electron chi connectivity index (χ1n) is 7.41. The predicted octanol–water partition coefficient (Wildman–Crippen LogP) is 2.46. The molecule has 2 rings (SSSR count). The molecule has 1 saturated heterocycles. The lowest BCUT2D eigenvalue weighted by Crippen LogP contribution is -2.41. The van der Waals surface area contributed by atoms with E-state index in [2.05, 4.69) is 5.32 Å². The van der Waals surface area contributed by atoms with Crippen LogP contribution in [0.15, 0.2) is 24.3 Å². The van der Waals surface area contributed by atoms with Gasteiger partial charge in [-0.25, -0.2) is 4.39 Å².